The number of hydrogen-bond donors (Lipinski definition) is 0. The molecule has 0 bridgehead atoms. The molecule has 0 saturated carbocycles. The number of nitro groups is 1. The van der Waals surface area contributed by atoms with Gasteiger partial charge in [-0.15, -0.1) is 0 Å². The predicted molar refractivity (Wildman–Crippen MR) is 70.2 cm³/mol. The van der Waals surface area contributed by atoms with Gasteiger partial charge in [0, 0.05) is 13.5 Å². The average Bonchev–Trinajstić information content (AvgIpc) is 3.02. The molecule has 1 aromatic heterocycles. The van der Waals surface area contributed by atoms with Gasteiger partial charge >= 0.3 is 11.8 Å². The van der Waals surface area contributed by atoms with Crippen LogP contribution in [0.3, 0.4) is 0 Å². The number of ether oxygens (including phenoxy) is 1. The molecule has 1 fully saturated rings. The minimum atomic E-state index is -0.443. The second-order valence-electron chi connectivity index (χ2n) is 4.79. The summed E-state index contributed by atoms with van der Waals surface area (Å²) in [6.45, 7) is 3.55. The first kappa shape index (κ1) is 14.4. The molecule has 0 spiro atoms. The van der Waals surface area contributed by atoms with Gasteiger partial charge in [0.25, 0.3) is 0 Å². The second-order valence-corrected chi connectivity index (χ2v) is 4.79. The number of rotatable bonds is 5. The maximum atomic E-state index is 11.6. The van der Waals surface area contributed by atoms with E-state index < -0.39 is 4.92 Å². The summed E-state index contributed by atoms with van der Waals surface area (Å²) in [5.41, 5.74) is 0. The van der Waals surface area contributed by atoms with Gasteiger partial charge in [-0.2, -0.15) is 0 Å². The number of carbonyl (C=O) groups excluding carboxylic acids is 1. The van der Waals surface area contributed by atoms with Crippen molar-refractivity contribution in [1.82, 2.24) is 14.5 Å². The van der Waals surface area contributed by atoms with Crippen molar-refractivity contribution in [2.24, 2.45) is 0 Å². The molecule has 1 aliphatic rings. The number of aryl methyl sites for hydroxylation is 1. The van der Waals surface area contributed by atoms with E-state index in [1.807, 2.05) is 4.90 Å². The lowest BCUT2D eigenvalue weighted by Gasteiger charge is -2.21. The second kappa shape index (κ2) is 6.00. The first-order valence-electron chi connectivity index (χ1n) is 6.53. The van der Waals surface area contributed by atoms with Gasteiger partial charge in [-0.3, -0.25) is 9.69 Å². The molecular weight excluding hydrogens is 264 g/mol. The van der Waals surface area contributed by atoms with E-state index in [9.17, 15) is 14.9 Å². The zero-order valence-electron chi connectivity index (χ0n) is 11.6. The van der Waals surface area contributed by atoms with Crippen molar-refractivity contribution >= 4 is 11.8 Å². The van der Waals surface area contributed by atoms with E-state index in [2.05, 4.69) is 4.98 Å². The number of aromatic nitrogens is 2. The van der Waals surface area contributed by atoms with Gasteiger partial charge in [-0.05, 0) is 24.3 Å². The monoisotopic (exact) mass is 282 g/mol. The van der Waals surface area contributed by atoms with Crippen LogP contribution in [-0.4, -0.2) is 51.6 Å². The number of hydrogen-bond acceptors (Lipinski definition) is 6. The first-order chi connectivity index (χ1) is 9.54. The van der Waals surface area contributed by atoms with Crippen molar-refractivity contribution in [3.8, 4) is 0 Å². The van der Waals surface area contributed by atoms with Gasteiger partial charge in [-0.25, -0.2) is 9.55 Å². The van der Waals surface area contributed by atoms with E-state index >= 15 is 0 Å². The van der Waals surface area contributed by atoms with Crippen LogP contribution in [0.4, 0.5) is 5.82 Å². The average molecular weight is 282 g/mol. The lowest BCUT2D eigenvalue weighted by atomic mass is 10.2. The van der Waals surface area contributed by atoms with Crippen LogP contribution in [0, 0.1) is 17.0 Å². The van der Waals surface area contributed by atoms with Crippen molar-refractivity contribution in [3.63, 3.8) is 0 Å². The van der Waals surface area contributed by atoms with Crippen molar-refractivity contribution in [2.75, 3.05) is 20.2 Å². The van der Waals surface area contributed by atoms with Gasteiger partial charge in [0.2, 0.25) is 0 Å². The van der Waals surface area contributed by atoms with Gasteiger partial charge in [0.15, 0.2) is 5.82 Å². The third-order valence-electron chi connectivity index (χ3n) is 3.67. The minimum absolute atomic E-state index is 0.0173. The Bertz CT molecular complexity index is 514. The first-order valence-corrected chi connectivity index (χ1v) is 6.53. The van der Waals surface area contributed by atoms with Crippen molar-refractivity contribution in [2.45, 2.75) is 32.4 Å². The smallest absolute Gasteiger partial charge is 0.342 e. The molecule has 0 N–H and O–H groups in total. The molecule has 20 heavy (non-hydrogen) atoms. The zero-order chi connectivity index (χ0) is 14.7. The highest BCUT2D eigenvalue weighted by Crippen LogP contribution is 2.19. The van der Waals surface area contributed by atoms with E-state index in [1.165, 1.54) is 13.3 Å². The molecule has 1 aliphatic heterocycles. The summed E-state index contributed by atoms with van der Waals surface area (Å²) in [5, 5.41) is 10.9. The molecule has 1 aromatic rings. The summed E-state index contributed by atoms with van der Waals surface area (Å²) in [4.78, 5) is 28.1. The van der Waals surface area contributed by atoms with Crippen LogP contribution in [-0.2, 0) is 16.1 Å². The highest BCUT2D eigenvalue weighted by molar-refractivity contribution is 5.75. The largest absolute Gasteiger partial charge is 0.468 e. The van der Waals surface area contributed by atoms with Crippen LogP contribution in [0.5, 0.6) is 0 Å². The van der Waals surface area contributed by atoms with Crippen LogP contribution < -0.4 is 0 Å². The molecular formula is C12H18N4O4. The molecule has 8 nitrogen and oxygen atoms in total. The SMILES string of the molecule is COC(=O)C1CCCN1CCn1c([N+](=O)[O-])cnc1C. The Labute approximate surface area is 116 Å². The normalized spacial score (nSPS) is 19.2. The molecule has 1 unspecified atom stereocenters. The fourth-order valence-corrected chi connectivity index (χ4v) is 2.60. The topological polar surface area (TPSA) is 90.5 Å². The van der Waals surface area contributed by atoms with E-state index in [1.54, 1.807) is 11.5 Å². The van der Waals surface area contributed by atoms with Gasteiger partial charge in [-0.1, -0.05) is 0 Å². The van der Waals surface area contributed by atoms with Gasteiger partial charge < -0.3 is 14.9 Å². The predicted octanol–water partition coefficient (Wildman–Crippen LogP) is 0.737. The quantitative estimate of drug-likeness (QED) is 0.449. The zero-order valence-corrected chi connectivity index (χ0v) is 11.6. The summed E-state index contributed by atoms with van der Waals surface area (Å²) < 4.78 is 6.34. The van der Waals surface area contributed by atoms with Crippen LogP contribution in [0.15, 0.2) is 6.20 Å². The molecule has 0 aromatic carbocycles. The van der Waals surface area contributed by atoms with Gasteiger partial charge in [0.1, 0.15) is 18.8 Å². The van der Waals surface area contributed by atoms with E-state index in [0.717, 1.165) is 19.4 Å². The molecule has 0 amide bonds. The maximum Gasteiger partial charge on any atom is 0.342 e. The Morgan fingerprint density at radius 3 is 3.00 bits per heavy atom. The lowest BCUT2D eigenvalue weighted by Crippen LogP contribution is -2.38. The number of nitrogens with zero attached hydrogens (tertiary/aromatic N) is 4. The molecule has 2 heterocycles. The summed E-state index contributed by atoms with van der Waals surface area (Å²) in [6.07, 6.45) is 2.97. The number of imidazole rings is 1. The van der Waals surface area contributed by atoms with Crippen LogP contribution in [0.1, 0.15) is 18.7 Å². The van der Waals surface area contributed by atoms with Crippen LogP contribution in [0.25, 0.3) is 0 Å². The molecule has 110 valence electrons. The standard InChI is InChI=1S/C12H18N4O4/c1-9-13-8-11(16(18)19)15(9)7-6-14-5-3-4-10(14)12(17)20-2/h8,10H,3-7H2,1-2H3. The Hall–Kier alpha value is -1.96. The highest BCUT2D eigenvalue weighted by atomic mass is 16.6. The van der Waals surface area contributed by atoms with Gasteiger partial charge in [0.05, 0.1) is 7.11 Å². The van der Waals surface area contributed by atoms with E-state index in [0.29, 0.717) is 18.9 Å². The number of methoxy groups -OCH3 is 1. The van der Waals surface area contributed by atoms with E-state index in [-0.39, 0.29) is 17.8 Å². The van der Waals surface area contributed by atoms with E-state index in [4.69, 9.17) is 4.74 Å². The maximum absolute atomic E-state index is 11.6. The summed E-state index contributed by atoms with van der Waals surface area (Å²) in [6, 6.07) is -0.233. The van der Waals surface area contributed by atoms with Crippen LogP contribution >= 0.6 is 0 Å². The third-order valence-corrected chi connectivity index (χ3v) is 3.67. The molecule has 1 atom stereocenters. The number of carbonyl (C=O) groups is 1. The minimum Gasteiger partial charge on any atom is -0.468 e. The van der Waals surface area contributed by atoms with Crippen molar-refractivity contribution in [1.29, 1.82) is 0 Å². The number of esters is 1. The molecule has 8 heteroatoms. The number of likely N-dealkylation sites (tertiary alicyclic amines) is 1. The fourth-order valence-electron chi connectivity index (χ4n) is 2.60. The molecule has 0 aliphatic carbocycles. The Balaban J connectivity index is 2.03. The Morgan fingerprint density at radius 1 is 1.60 bits per heavy atom. The molecule has 2 rings (SSSR count). The van der Waals surface area contributed by atoms with Crippen molar-refractivity contribution in [3.05, 3.63) is 22.1 Å². The Kier molecular flexibility index (Phi) is 4.33. The highest BCUT2D eigenvalue weighted by Gasteiger charge is 2.32. The summed E-state index contributed by atoms with van der Waals surface area (Å²) in [5.74, 6) is 0.348. The molecule has 1 saturated heterocycles. The fraction of sp³-hybridized carbons (Fsp3) is 0.667. The van der Waals surface area contributed by atoms with Crippen molar-refractivity contribution < 1.29 is 14.5 Å². The lowest BCUT2D eigenvalue weighted by molar-refractivity contribution is -0.392. The molecule has 0 radical (unpaired) electrons. The summed E-state index contributed by atoms with van der Waals surface area (Å²) in [7, 11) is 1.38. The Morgan fingerprint density at radius 2 is 2.35 bits per heavy atom. The third kappa shape index (κ3) is 2.79. The van der Waals surface area contributed by atoms with Crippen LogP contribution in [0.2, 0.25) is 0 Å². The summed E-state index contributed by atoms with van der Waals surface area (Å²) >= 11 is 0.